The monoisotopic (exact) mass is 565 g/mol. The van der Waals surface area contributed by atoms with Gasteiger partial charge in [-0.05, 0) is 32.9 Å². The summed E-state index contributed by atoms with van der Waals surface area (Å²) in [5.74, 6) is -13.1. The molecule has 0 unspecified atom stereocenters. The Morgan fingerprint density at radius 2 is 1.22 bits per heavy atom. The number of halogens is 6. The van der Waals surface area contributed by atoms with E-state index in [1.54, 1.807) is 0 Å². The fourth-order valence-electron chi connectivity index (χ4n) is 2.55. The Labute approximate surface area is 193 Å². The number of hydrogen-bond acceptors (Lipinski definition) is 3. The normalized spacial score (nSPS) is 10.9. The average molecular weight is 565 g/mol. The molecule has 10 heteroatoms. The Kier molecular flexibility index (Phi) is 9.05. The van der Waals surface area contributed by atoms with Gasteiger partial charge in [-0.2, -0.15) is 8.78 Å². The molecule has 0 radical (unpaired) electrons. The zero-order valence-corrected chi connectivity index (χ0v) is 19.5. The van der Waals surface area contributed by atoms with Crippen LogP contribution in [0.1, 0.15) is 25.0 Å². The van der Waals surface area contributed by atoms with Crippen LogP contribution in [-0.2, 0) is 3.42 Å². The van der Waals surface area contributed by atoms with Crippen molar-refractivity contribution in [3.05, 3.63) is 98.4 Å². The summed E-state index contributed by atoms with van der Waals surface area (Å²) in [5, 5.41) is 16.3. The summed E-state index contributed by atoms with van der Waals surface area (Å²) in [5.41, 5.74) is 2.80. The summed E-state index contributed by atoms with van der Waals surface area (Å²) >= 11 is -0.0110. The molecule has 0 bridgehead atoms. The summed E-state index contributed by atoms with van der Waals surface area (Å²) in [6.07, 6.45) is 0. The summed E-state index contributed by atoms with van der Waals surface area (Å²) in [7, 11) is -2.70. The molecule has 3 nitrogen and oxygen atoms in total. The maximum absolute atomic E-state index is 12.7. The lowest BCUT2D eigenvalue weighted by atomic mass is 10.0. The van der Waals surface area contributed by atoms with E-state index in [2.05, 4.69) is 80.0 Å². The lowest BCUT2D eigenvalue weighted by Gasteiger charge is -2.11. The molecule has 0 spiro atoms. The highest BCUT2D eigenvalue weighted by molar-refractivity contribution is 6.33. The van der Waals surface area contributed by atoms with Crippen LogP contribution in [-0.4, -0.2) is 17.4 Å². The van der Waals surface area contributed by atoms with Gasteiger partial charge in [0.2, 0.25) is 29.1 Å². The number of rotatable bonds is 5. The van der Waals surface area contributed by atoms with Crippen LogP contribution < -0.4 is 25.9 Å². The lowest BCUT2D eigenvalue weighted by molar-refractivity contribution is -0.705. The van der Waals surface area contributed by atoms with E-state index in [4.69, 9.17) is 10.0 Å². The quantitative estimate of drug-likeness (QED) is 0.124. The minimum Gasteiger partial charge on any atom is -0.507 e. The van der Waals surface area contributed by atoms with Crippen molar-refractivity contribution in [1.82, 2.24) is 0 Å². The number of alkyl halides is 1. The van der Waals surface area contributed by atoms with Gasteiger partial charge in [0, 0.05) is 5.56 Å². The van der Waals surface area contributed by atoms with Gasteiger partial charge in [0.1, 0.15) is 0 Å². The van der Waals surface area contributed by atoms with Crippen molar-refractivity contribution in [2.24, 2.45) is 0 Å². The van der Waals surface area contributed by atoms with E-state index >= 15 is 0 Å². The third-order valence-electron chi connectivity index (χ3n) is 4.21. The van der Waals surface area contributed by atoms with Gasteiger partial charge < -0.3 is 14.7 Å². The number of hydrogen-bond donors (Lipinski definition) is 2. The number of benzene rings is 3. The topological polar surface area (TPSA) is 49.7 Å². The molecule has 3 aromatic carbocycles. The van der Waals surface area contributed by atoms with Crippen molar-refractivity contribution in [2.45, 2.75) is 24.2 Å². The lowest BCUT2D eigenvalue weighted by Crippen LogP contribution is -3.66. The van der Waals surface area contributed by atoms with Crippen molar-refractivity contribution in [1.29, 1.82) is 0 Å². The third-order valence-corrected chi connectivity index (χ3v) is 7.52. The molecule has 0 aliphatic heterocycles. The summed E-state index contributed by atoms with van der Waals surface area (Å²) < 4.78 is 68.1. The molecule has 0 fully saturated rings. The Hall–Kier alpha value is -2.18. The molecule has 2 N–H and O–H groups in total. The van der Waals surface area contributed by atoms with Crippen LogP contribution in [0.5, 0.6) is 5.75 Å². The molecule has 0 atom stereocenters. The van der Waals surface area contributed by atoms with Gasteiger partial charge >= 0.3 is 28.5 Å². The molecular weight excluding hydrogens is 545 g/mol. The first-order valence-corrected chi connectivity index (χ1v) is 11.4. The predicted octanol–water partition coefficient (Wildman–Crippen LogP) is 1.92. The molecule has 0 aliphatic rings. The van der Waals surface area contributed by atoms with E-state index in [-0.39, 0.29) is 21.2 Å². The van der Waals surface area contributed by atoms with Crippen LogP contribution in [0.2, 0.25) is 0 Å². The number of aryl methyl sites for hydroxylation is 1. The van der Waals surface area contributed by atoms with E-state index in [1.807, 2.05) is 0 Å². The van der Waals surface area contributed by atoms with Crippen LogP contribution in [0.15, 0.2) is 54.6 Å². The largest absolute Gasteiger partial charge is 0.707 e. The summed E-state index contributed by atoms with van der Waals surface area (Å²) in [6, 6.07) is 19.9. The van der Waals surface area contributed by atoms with E-state index in [9.17, 15) is 22.0 Å². The van der Waals surface area contributed by atoms with Gasteiger partial charge in [0.15, 0.2) is 12.7 Å². The minimum absolute atomic E-state index is 0.0110. The van der Waals surface area contributed by atoms with Crippen molar-refractivity contribution >= 4 is 7.32 Å². The van der Waals surface area contributed by atoms with Gasteiger partial charge in [0.05, 0.1) is 0 Å². The Morgan fingerprint density at radius 1 is 0.750 bits per heavy atom. The highest BCUT2D eigenvalue weighted by atomic mass is 127. The molecule has 3 rings (SSSR count). The predicted molar refractivity (Wildman–Crippen MR) is 106 cm³/mol. The second kappa shape index (κ2) is 11.1. The van der Waals surface area contributed by atoms with Gasteiger partial charge in [-0.15, -0.1) is 0 Å². The highest BCUT2D eigenvalue weighted by Gasteiger charge is 2.36. The molecule has 0 aromatic heterocycles. The second-order valence-corrected chi connectivity index (χ2v) is 11.6. The van der Waals surface area contributed by atoms with Crippen molar-refractivity contribution < 1.29 is 57.9 Å². The van der Waals surface area contributed by atoms with Gasteiger partial charge in [0.25, 0.3) is 0 Å². The van der Waals surface area contributed by atoms with Gasteiger partial charge in [-0.1, -0.05) is 48.0 Å². The van der Waals surface area contributed by atoms with Crippen LogP contribution in [0.25, 0.3) is 0 Å². The first-order valence-electron chi connectivity index (χ1n) is 9.26. The van der Waals surface area contributed by atoms with Gasteiger partial charge in [-0.25, -0.2) is 13.2 Å². The van der Waals surface area contributed by atoms with E-state index in [0.717, 1.165) is 0 Å². The fraction of sp³-hybridized carbons (Fsp3) is 0.182. The standard InChI is InChI=1S/C16H18I.C6H2BF5O3/c1-13-9-11-15(12-10-13)17-16(2,3)14-7-5-4-6-8-14;8-1-2(9)4(11)6(15-7(13)14)5(12)3(1)10/h4-12H,1-3H3;13-14H/q+1;. The van der Waals surface area contributed by atoms with Crippen molar-refractivity contribution in [3.8, 4) is 5.75 Å². The second-order valence-electron chi connectivity index (χ2n) is 7.07. The maximum Gasteiger partial charge on any atom is 0.707 e. The zero-order valence-electron chi connectivity index (χ0n) is 17.3. The van der Waals surface area contributed by atoms with Gasteiger partial charge in [-0.3, -0.25) is 0 Å². The van der Waals surface area contributed by atoms with E-state index < -0.39 is 42.2 Å². The molecule has 3 aromatic rings. The molecular formula is C22H20BF5IO3+. The van der Waals surface area contributed by atoms with Crippen LogP contribution in [0.4, 0.5) is 22.0 Å². The van der Waals surface area contributed by atoms with Crippen LogP contribution in [0, 0.1) is 39.6 Å². The molecule has 0 saturated heterocycles. The molecule has 0 heterocycles. The maximum atomic E-state index is 12.7. The molecule has 32 heavy (non-hydrogen) atoms. The first kappa shape index (κ1) is 26.1. The summed E-state index contributed by atoms with van der Waals surface area (Å²) in [6.45, 7) is 6.86. The fourth-order valence-corrected chi connectivity index (χ4v) is 5.50. The molecule has 0 amide bonds. The SMILES string of the molecule is Cc1ccc([I+]C(C)(C)c2ccccc2)cc1.OB(O)Oc1c(F)c(F)c(F)c(F)c1F. The Balaban J connectivity index is 0.000000229. The van der Waals surface area contributed by atoms with E-state index in [0.29, 0.717) is 3.42 Å². The Bertz CT molecular complexity index is 1020. The van der Waals surface area contributed by atoms with Crippen LogP contribution >= 0.6 is 0 Å². The zero-order chi connectivity index (χ0) is 24.1. The van der Waals surface area contributed by atoms with Crippen molar-refractivity contribution in [3.63, 3.8) is 0 Å². The third kappa shape index (κ3) is 6.66. The molecule has 170 valence electrons. The molecule has 0 saturated carbocycles. The average Bonchev–Trinajstić information content (AvgIpc) is 2.76. The Morgan fingerprint density at radius 3 is 1.69 bits per heavy atom. The highest BCUT2D eigenvalue weighted by Crippen LogP contribution is 2.29. The van der Waals surface area contributed by atoms with E-state index in [1.165, 1.54) is 14.7 Å². The van der Waals surface area contributed by atoms with Crippen molar-refractivity contribution in [2.75, 3.05) is 0 Å². The first-order chi connectivity index (χ1) is 14.9. The molecule has 0 aliphatic carbocycles. The van der Waals surface area contributed by atoms with Crippen LogP contribution in [0.3, 0.4) is 0 Å². The summed E-state index contributed by atoms with van der Waals surface area (Å²) in [4.78, 5) is 0. The smallest absolute Gasteiger partial charge is 0.507 e. The minimum atomic E-state index is -2.70.